The van der Waals surface area contributed by atoms with E-state index in [1.54, 1.807) is 0 Å². The van der Waals surface area contributed by atoms with Crippen LogP contribution in [-0.2, 0) is 9.53 Å². The third-order valence-corrected chi connectivity index (χ3v) is 2.85. The summed E-state index contributed by atoms with van der Waals surface area (Å²) >= 11 is 0. The molecule has 1 saturated heterocycles. The van der Waals surface area contributed by atoms with Gasteiger partial charge in [0.25, 0.3) is 0 Å². The number of hydrogen-bond donors (Lipinski definition) is 0. The van der Waals surface area contributed by atoms with Gasteiger partial charge >= 0.3 is 5.97 Å². The molecule has 2 rings (SSSR count). The lowest BCUT2D eigenvalue weighted by Crippen LogP contribution is -2.53. The van der Waals surface area contributed by atoms with Gasteiger partial charge in [-0.2, -0.15) is 0 Å². The molecule has 0 saturated carbocycles. The van der Waals surface area contributed by atoms with Gasteiger partial charge in [0, 0.05) is 12.2 Å². The normalized spacial score (nSPS) is 19.2. The summed E-state index contributed by atoms with van der Waals surface area (Å²) in [5.41, 5.74) is 1.60. The molecule has 16 heavy (non-hydrogen) atoms. The lowest BCUT2D eigenvalue weighted by atomic mass is 10.0. The lowest BCUT2D eigenvalue weighted by Gasteiger charge is -2.40. The van der Waals surface area contributed by atoms with Crippen molar-refractivity contribution < 1.29 is 13.9 Å². The van der Waals surface area contributed by atoms with E-state index in [2.05, 4.69) is 0 Å². The van der Waals surface area contributed by atoms with E-state index in [1.807, 2.05) is 17.9 Å². The summed E-state index contributed by atoms with van der Waals surface area (Å²) in [6.07, 6.45) is 0.766. The minimum absolute atomic E-state index is 0.256. The standard InChI is InChI=1S/C12H14FNO2/c1-8-5-9(13)7-10(6-8)14-4-3-11(14)12(15)16-2/h5-7,11H,3-4H2,1-2H3. The first kappa shape index (κ1) is 10.9. The summed E-state index contributed by atoms with van der Waals surface area (Å²) in [6.45, 7) is 2.60. The summed E-state index contributed by atoms with van der Waals surface area (Å²) in [5.74, 6) is -0.529. The second-order valence-corrected chi connectivity index (χ2v) is 4.01. The number of carbonyl (C=O) groups is 1. The van der Waals surface area contributed by atoms with E-state index >= 15 is 0 Å². The molecular formula is C12H14FNO2. The molecular weight excluding hydrogens is 209 g/mol. The minimum atomic E-state index is -0.273. The number of rotatable bonds is 2. The quantitative estimate of drug-likeness (QED) is 0.717. The smallest absolute Gasteiger partial charge is 0.328 e. The number of benzene rings is 1. The fourth-order valence-corrected chi connectivity index (χ4v) is 1.96. The molecule has 4 heteroatoms. The summed E-state index contributed by atoms with van der Waals surface area (Å²) < 4.78 is 17.9. The van der Waals surface area contributed by atoms with Gasteiger partial charge in [0.2, 0.25) is 0 Å². The van der Waals surface area contributed by atoms with Crippen molar-refractivity contribution in [2.24, 2.45) is 0 Å². The Hall–Kier alpha value is -1.58. The second-order valence-electron chi connectivity index (χ2n) is 4.01. The van der Waals surface area contributed by atoms with Gasteiger partial charge in [0.05, 0.1) is 7.11 Å². The van der Waals surface area contributed by atoms with Crippen molar-refractivity contribution in [1.29, 1.82) is 0 Å². The number of ether oxygens (including phenoxy) is 1. The Morgan fingerprint density at radius 2 is 2.25 bits per heavy atom. The second kappa shape index (κ2) is 4.12. The van der Waals surface area contributed by atoms with Crippen molar-refractivity contribution in [3.8, 4) is 0 Å². The van der Waals surface area contributed by atoms with Gasteiger partial charge in [0.1, 0.15) is 11.9 Å². The molecule has 1 heterocycles. The van der Waals surface area contributed by atoms with Crippen LogP contribution in [0.5, 0.6) is 0 Å². The molecule has 1 atom stereocenters. The zero-order valence-electron chi connectivity index (χ0n) is 9.37. The highest BCUT2D eigenvalue weighted by Crippen LogP contribution is 2.28. The van der Waals surface area contributed by atoms with Gasteiger partial charge in [-0.3, -0.25) is 0 Å². The van der Waals surface area contributed by atoms with E-state index < -0.39 is 0 Å². The number of carbonyl (C=O) groups excluding carboxylic acids is 1. The van der Waals surface area contributed by atoms with Crippen LogP contribution < -0.4 is 4.90 Å². The van der Waals surface area contributed by atoms with Crippen molar-refractivity contribution >= 4 is 11.7 Å². The predicted octanol–water partition coefficient (Wildman–Crippen LogP) is 1.89. The van der Waals surface area contributed by atoms with Crippen molar-refractivity contribution in [3.63, 3.8) is 0 Å². The van der Waals surface area contributed by atoms with Gasteiger partial charge in [0.15, 0.2) is 0 Å². The Morgan fingerprint density at radius 3 is 2.75 bits per heavy atom. The number of hydrogen-bond acceptors (Lipinski definition) is 3. The number of nitrogens with zero attached hydrogens (tertiary/aromatic N) is 1. The summed E-state index contributed by atoms with van der Waals surface area (Å²) in [5, 5.41) is 0. The van der Waals surface area contributed by atoms with Gasteiger partial charge in [-0.25, -0.2) is 9.18 Å². The fraction of sp³-hybridized carbons (Fsp3) is 0.417. The van der Waals surface area contributed by atoms with E-state index in [0.29, 0.717) is 0 Å². The predicted molar refractivity (Wildman–Crippen MR) is 58.9 cm³/mol. The summed E-state index contributed by atoms with van der Waals surface area (Å²) in [4.78, 5) is 13.3. The SMILES string of the molecule is COC(=O)C1CCN1c1cc(C)cc(F)c1. The third kappa shape index (κ3) is 1.87. The fourth-order valence-electron chi connectivity index (χ4n) is 1.96. The Bertz CT molecular complexity index is 399. The maximum Gasteiger partial charge on any atom is 0.328 e. The van der Waals surface area contributed by atoms with Crippen LogP contribution in [0.1, 0.15) is 12.0 Å². The van der Waals surface area contributed by atoms with Crippen LogP contribution in [0.3, 0.4) is 0 Å². The minimum Gasteiger partial charge on any atom is -0.467 e. The molecule has 1 aromatic carbocycles. The maximum absolute atomic E-state index is 13.2. The highest BCUT2D eigenvalue weighted by Gasteiger charge is 2.35. The molecule has 3 nitrogen and oxygen atoms in total. The van der Waals surface area contributed by atoms with Crippen LogP contribution in [0.25, 0.3) is 0 Å². The first-order valence-electron chi connectivity index (χ1n) is 5.23. The Labute approximate surface area is 93.8 Å². The van der Waals surface area contributed by atoms with Crippen molar-refractivity contribution in [2.45, 2.75) is 19.4 Å². The molecule has 0 radical (unpaired) electrons. The molecule has 0 aromatic heterocycles. The Morgan fingerprint density at radius 1 is 1.50 bits per heavy atom. The molecule has 86 valence electrons. The zero-order chi connectivity index (χ0) is 11.7. The summed E-state index contributed by atoms with van der Waals surface area (Å²) in [7, 11) is 1.37. The van der Waals surface area contributed by atoms with Gasteiger partial charge in [-0.1, -0.05) is 0 Å². The topological polar surface area (TPSA) is 29.5 Å². The van der Waals surface area contributed by atoms with E-state index in [9.17, 15) is 9.18 Å². The average Bonchev–Trinajstić information content (AvgIpc) is 2.14. The molecule has 1 aliphatic heterocycles. The van der Waals surface area contributed by atoms with Crippen LogP contribution in [0, 0.1) is 12.7 Å². The first-order chi connectivity index (χ1) is 7.61. The molecule has 0 N–H and O–H groups in total. The van der Waals surface area contributed by atoms with E-state index in [4.69, 9.17) is 4.74 Å². The largest absolute Gasteiger partial charge is 0.467 e. The van der Waals surface area contributed by atoms with Gasteiger partial charge < -0.3 is 9.64 Å². The number of anilines is 1. The number of methoxy groups -OCH3 is 1. The van der Waals surface area contributed by atoms with Crippen LogP contribution in [0.15, 0.2) is 18.2 Å². The Kier molecular flexibility index (Phi) is 2.81. The summed E-state index contributed by atoms with van der Waals surface area (Å²) in [6, 6.07) is 4.53. The maximum atomic E-state index is 13.2. The molecule has 0 bridgehead atoms. The van der Waals surface area contributed by atoms with E-state index in [0.717, 1.165) is 24.2 Å². The average molecular weight is 223 g/mol. The van der Waals surface area contributed by atoms with Crippen LogP contribution in [0.2, 0.25) is 0 Å². The molecule has 1 aromatic rings. The van der Waals surface area contributed by atoms with Crippen LogP contribution in [0.4, 0.5) is 10.1 Å². The molecule has 1 fully saturated rings. The number of aryl methyl sites for hydroxylation is 1. The monoisotopic (exact) mass is 223 g/mol. The third-order valence-electron chi connectivity index (χ3n) is 2.85. The lowest BCUT2D eigenvalue weighted by molar-refractivity contribution is -0.143. The molecule has 1 unspecified atom stereocenters. The molecule has 1 aliphatic rings. The highest BCUT2D eigenvalue weighted by molar-refractivity contribution is 5.82. The molecule has 0 spiro atoms. The van der Waals surface area contributed by atoms with Crippen molar-refractivity contribution in [3.05, 3.63) is 29.6 Å². The van der Waals surface area contributed by atoms with Gasteiger partial charge in [-0.15, -0.1) is 0 Å². The highest BCUT2D eigenvalue weighted by atomic mass is 19.1. The molecule has 0 aliphatic carbocycles. The van der Waals surface area contributed by atoms with Crippen molar-refractivity contribution in [1.82, 2.24) is 0 Å². The van der Waals surface area contributed by atoms with Crippen LogP contribution >= 0.6 is 0 Å². The number of esters is 1. The molecule has 0 amide bonds. The van der Waals surface area contributed by atoms with E-state index in [-0.39, 0.29) is 17.8 Å². The first-order valence-corrected chi connectivity index (χ1v) is 5.23. The Balaban J connectivity index is 2.21. The number of halogens is 1. The van der Waals surface area contributed by atoms with Crippen LogP contribution in [-0.4, -0.2) is 25.7 Å². The van der Waals surface area contributed by atoms with E-state index in [1.165, 1.54) is 19.2 Å². The van der Waals surface area contributed by atoms with Gasteiger partial charge in [-0.05, 0) is 37.1 Å². The zero-order valence-corrected chi connectivity index (χ0v) is 9.37. The van der Waals surface area contributed by atoms with Crippen molar-refractivity contribution in [2.75, 3.05) is 18.6 Å².